The highest BCUT2D eigenvalue weighted by Crippen LogP contribution is 2.36. The molecule has 0 spiro atoms. The lowest BCUT2D eigenvalue weighted by Crippen LogP contribution is -2.29. The minimum atomic E-state index is -4.02. The molecular weight excluding hydrogens is 474 g/mol. The summed E-state index contributed by atoms with van der Waals surface area (Å²) < 4.78 is 28.6. The zero-order chi connectivity index (χ0) is 24.8. The Bertz CT molecular complexity index is 1390. The Morgan fingerprint density at radius 1 is 0.941 bits per heavy atom. The van der Waals surface area contributed by atoms with Crippen LogP contribution in [0.15, 0.2) is 59.6 Å². The number of sulfonamides is 1. The van der Waals surface area contributed by atoms with Gasteiger partial charge < -0.3 is 0 Å². The van der Waals surface area contributed by atoms with Crippen molar-refractivity contribution in [3.63, 3.8) is 0 Å². The van der Waals surface area contributed by atoms with Gasteiger partial charge in [0.1, 0.15) is 0 Å². The highest BCUT2D eigenvalue weighted by atomic mass is 35.5. The molecule has 7 nitrogen and oxygen atoms in total. The lowest BCUT2D eigenvalue weighted by atomic mass is 9.87. The number of carbonyl (C=O) groups excluding carboxylic acids is 2. The van der Waals surface area contributed by atoms with Crippen LogP contribution in [-0.4, -0.2) is 30.1 Å². The number of carbonyl (C=O) groups is 2. The van der Waals surface area contributed by atoms with Gasteiger partial charge >= 0.3 is 0 Å². The molecule has 0 saturated carbocycles. The molecule has 0 radical (unpaired) electrons. The number of nitrogens with one attached hydrogen (secondary N) is 1. The van der Waals surface area contributed by atoms with Crippen LogP contribution < -0.4 is 4.72 Å². The standard InChI is InChI=1S/C25H24ClN3O4S/c1-15-5-8-17(27-13-15)14-29-23(30)21-19(26)11-12-20(22(21)24(29)31)28-34(32,33)18-9-6-16(7-10-18)25(2,3)4/h5-13,28H,14H2,1-4H3. The Morgan fingerprint density at radius 2 is 1.59 bits per heavy atom. The fraction of sp³-hybridized carbons (Fsp3) is 0.240. The molecule has 2 amide bonds. The number of hydrogen-bond acceptors (Lipinski definition) is 5. The minimum Gasteiger partial charge on any atom is -0.279 e. The van der Waals surface area contributed by atoms with Crippen molar-refractivity contribution in [3.05, 3.63) is 87.7 Å². The summed E-state index contributed by atoms with van der Waals surface area (Å²) in [7, 11) is -4.02. The van der Waals surface area contributed by atoms with E-state index in [4.69, 9.17) is 11.6 Å². The molecule has 1 aliphatic rings. The smallest absolute Gasteiger partial charge is 0.264 e. The van der Waals surface area contributed by atoms with Crippen molar-refractivity contribution < 1.29 is 18.0 Å². The summed E-state index contributed by atoms with van der Waals surface area (Å²) in [5.74, 6) is -1.23. The van der Waals surface area contributed by atoms with Gasteiger partial charge in [0.2, 0.25) is 0 Å². The molecule has 1 aliphatic heterocycles. The molecule has 2 aromatic carbocycles. The van der Waals surface area contributed by atoms with Crippen LogP contribution in [0, 0.1) is 6.92 Å². The highest BCUT2D eigenvalue weighted by molar-refractivity contribution is 7.92. The molecule has 0 aliphatic carbocycles. The molecule has 3 aromatic rings. The number of hydrogen-bond donors (Lipinski definition) is 1. The van der Waals surface area contributed by atoms with Crippen LogP contribution in [0.2, 0.25) is 5.02 Å². The summed E-state index contributed by atoms with van der Waals surface area (Å²) in [5.41, 5.74) is 2.23. The average Bonchev–Trinajstić information content (AvgIpc) is 3.02. The molecule has 0 saturated heterocycles. The van der Waals surface area contributed by atoms with Gasteiger partial charge in [-0.1, -0.05) is 50.6 Å². The van der Waals surface area contributed by atoms with E-state index in [0.717, 1.165) is 16.0 Å². The van der Waals surface area contributed by atoms with E-state index in [1.54, 1.807) is 24.4 Å². The van der Waals surface area contributed by atoms with Gasteiger partial charge in [0, 0.05) is 6.20 Å². The summed E-state index contributed by atoms with van der Waals surface area (Å²) in [6.45, 7) is 7.93. The Balaban J connectivity index is 1.67. The van der Waals surface area contributed by atoms with E-state index in [2.05, 4.69) is 9.71 Å². The van der Waals surface area contributed by atoms with Crippen LogP contribution in [0.4, 0.5) is 5.69 Å². The average molecular weight is 498 g/mol. The van der Waals surface area contributed by atoms with Crippen LogP contribution >= 0.6 is 11.6 Å². The first-order chi connectivity index (χ1) is 15.9. The van der Waals surface area contributed by atoms with Gasteiger partial charge in [0.05, 0.1) is 39.0 Å². The summed E-state index contributed by atoms with van der Waals surface area (Å²) in [5, 5.41) is 0.0743. The number of benzene rings is 2. The zero-order valence-corrected chi connectivity index (χ0v) is 20.8. The lowest BCUT2D eigenvalue weighted by Gasteiger charge is -2.19. The maximum Gasteiger partial charge on any atom is 0.264 e. The van der Waals surface area contributed by atoms with Gasteiger partial charge in [-0.2, -0.15) is 0 Å². The van der Waals surface area contributed by atoms with Crippen molar-refractivity contribution in [1.82, 2.24) is 9.88 Å². The van der Waals surface area contributed by atoms with E-state index >= 15 is 0 Å². The summed E-state index contributed by atoms with van der Waals surface area (Å²) in [6, 6.07) is 12.9. The van der Waals surface area contributed by atoms with Crippen LogP contribution in [0.25, 0.3) is 0 Å². The maximum atomic E-state index is 13.2. The Hall–Kier alpha value is -3.23. The monoisotopic (exact) mass is 497 g/mol. The molecule has 0 atom stereocenters. The third-order valence-electron chi connectivity index (χ3n) is 5.64. The van der Waals surface area contributed by atoms with E-state index in [-0.39, 0.29) is 38.7 Å². The van der Waals surface area contributed by atoms with E-state index < -0.39 is 21.8 Å². The van der Waals surface area contributed by atoms with Crippen molar-refractivity contribution >= 4 is 39.1 Å². The van der Waals surface area contributed by atoms with Gasteiger partial charge in [-0.05, 0) is 53.8 Å². The third-order valence-corrected chi connectivity index (χ3v) is 7.34. The number of aryl methyl sites for hydroxylation is 1. The second-order valence-corrected chi connectivity index (χ2v) is 11.3. The molecule has 9 heteroatoms. The number of nitrogens with zero attached hydrogens (tertiary/aromatic N) is 2. The summed E-state index contributed by atoms with van der Waals surface area (Å²) in [4.78, 5) is 31.6. The molecule has 4 rings (SSSR count). The van der Waals surface area contributed by atoms with Crippen LogP contribution in [0.3, 0.4) is 0 Å². The number of aromatic nitrogens is 1. The van der Waals surface area contributed by atoms with Crippen molar-refractivity contribution in [2.75, 3.05) is 4.72 Å². The van der Waals surface area contributed by atoms with Crippen molar-refractivity contribution in [2.45, 2.75) is 44.6 Å². The predicted octanol–water partition coefficient (Wildman–Crippen LogP) is 4.94. The second kappa shape index (κ2) is 8.52. The number of anilines is 1. The van der Waals surface area contributed by atoms with Gasteiger partial charge in [-0.15, -0.1) is 0 Å². The highest BCUT2D eigenvalue weighted by Gasteiger charge is 2.40. The minimum absolute atomic E-state index is 0.00277. The molecule has 34 heavy (non-hydrogen) atoms. The van der Waals surface area contributed by atoms with Crippen LogP contribution in [0.5, 0.6) is 0 Å². The normalized spacial score (nSPS) is 13.9. The van der Waals surface area contributed by atoms with Crippen molar-refractivity contribution in [2.24, 2.45) is 0 Å². The number of halogens is 1. The first-order valence-corrected chi connectivity index (χ1v) is 12.5. The lowest BCUT2D eigenvalue weighted by molar-refractivity contribution is 0.0641. The topological polar surface area (TPSA) is 96.4 Å². The third kappa shape index (κ3) is 4.43. The molecule has 176 valence electrons. The molecule has 1 aromatic heterocycles. The predicted molar refractivity (Wildman–Crippen MR) is 131 cm³/mol. The largest absolute Gasteiger partial charge is 0.279 e. The number of fused-ring (bicyclic) bond motifs is 1. The van der Waals surface area contributed by atoms with E-state index in [1.807, 2.05) is 33.8 Å². The number of imide groups is 1. The molecule has 2 heterocycles. The first kappa shape index (κ1) is 23.9. The Labute approximate surface area is 203 Å². The Kier molecular flexibility index (Phi) is 5.99. The number of rotatable bonds is 5. The molecule has 1 N–H and O–H groups in total. The van der Waals surface area contributed by atoms with Gasteiger partial charge in [0.25, 0.3) is 21.8 Å². The maximum absolute atomic E-state index is 13.2. The van der Waals surface area contributed by atoms with Crippen molar-refractivity contribution in [3.8, 4) is 0 Å². The van der Waals surface area contributed by atoms with Crippen molar-refractivity contribution in [1.29, 1.82) is 0 Å². The van der Waals surface area contributed by atoms with E-state index in [0.29, 0.717) is 5.69 Å². The summed E-state index contributed by atoms with van der Waals surface area (Å²) in [6.07, 6.45) is 1.64. The number of amides is 2. The molecule has 0 bridgehead atoms. The van der Waals surface area contributed by atoms with Crippen LogP contribution in [0.1, 0.15) is 58.3 Å². The van der Waals surface area contributed by atoms with E-state index in [9.17, 15) is 18.0 Å². The molecule has 0 fully saturated rings. The SMILES string of the molecule is Cc1ccc(CN2C(=O)c3c(Cl)ccc(NS(=O)(=O)c4ccc(C(C)(C)C)cc4)c3C2=O)nc1. The van der Waals surface area contributed by atoms with Crippen LogP contribution in [-0.2, 0) is 22.0 Å². The fourth-order valence-electron chi connectivity index (χ4n) is 3.69. The molecular formula is C25H24ClN3O4S. The van der Waals surface area contributed by atoms with Gasteiger partial charge in [-0.25, -0.2) is 8.42 Å². The Morgan fingerprint density at radius 3 is 2.18 bits per heavy atom. The van der Waals surface area contributed by atoms with Gasteiger partial charge in [-0.3, -0.25) is 24.2 Å². The number of pyridine rings is 1. The zero-order valence-electron chi connectivity index (χ0n) is 19.2. The quantitative estimate of drug-likeness (QED) is 0.504. The van der Waals surface area contributed by atoms with Gasteiger partial charge in [0.15, 0.2) is 0 Å². The summed E-state index contributed by atoms with van der Waals surface area (Å²) >= 11 is 6.25. The molecule has 0 unspecified atom stereocenters. The van der Waals surface area contributed by atoms with E-state index in [1.165, 1.54) is 24.3 Å². The first-order valence-electron chi connectivity index (χ1n) is 10.6. The fourth-order valence-corrected chi connectivity index (χ4v) is 5.00. The second-order valence-electron chi connectivity index (χ2n) is 9.25.